The topological polar surface area (TPSA) is 87.4 Å². The maximum absolute atomic E-state index is 13.9. The van der Waals surface area contributed by atoms with Crippen molar-refractivity contribution in [2.75, 3.05) is 11.4 Å². The van der Waals surface area contributed by atoms with E-state index in [1.807, 2.05) is 0 Å². The van der Waals surface area contributed by atoms with Crippen molar-refractivity contribution in [3.63, 3.8) is 0 Å². The lowest BCUT2D eigenvalue weighted by molar-refractivity contribution is -0.143. The molecule has 0 bridgehead atoms. The predicted molar refractivity (Wildman–Crippen MR) is 151 cm³/mol. The molecule has 0 unspecified atom stereocenters. The van der Waals surface area contributed by atoms with Crippen molar-refractivity contribution in [3.8, 4) is 11.1 Å². The van der Waals surface area contributed by atoms with Crippen LogP contribution in [-0.4, -0.2) is 42.9 Å². The second-order valence-electron chi connectivity index (χ2n) is 10.3. The van der Waals surface area contributed by atoms with Crippen LogP contribution in [0.15, 0.2) is 54.6 Å². The number of tetrazole rings is 1. The van der Waals surface area contributed by atoms with Gasteiger partial charge in [-0.05, 0) is 76.9 Å². The summed E-state index contributed by atoms with van der Waals surface area (Å²) in [5.74, 6) is -0.304. The average molecular weight is 695 g/mol. The molecule has 18 heteroatoms. The number of aryl methyl sites for hydroxylation is 1. The summed E-state index contributed by atoms with van der Waals surface area (Å²) in [6.45, 7) is 0.394. The van der Waals surface area contributed by atoms with Crippen LogP contribution in [-0.2, 0) is 45.2 Å². The first-order valence-electron chi connectivity index (χ1n) is 13.5. The van der Waals surface area contributed by atoms with Crippen LogP contribution in [0.5, 0.6) is 0 Å². The van der Waals surface area contributed by atoms with Crippen LogP contribution in [0.3, 0.4) is 0 Å². The summed E-state index contributed by atoms with van der Waals surface area (Å²) in [4.78, 5) is 14.6. The summed E-state index contributed by atoms with van der Waals surface area (Å²) in [5, 5.41) is 20.9. The van der Waals surface area contributed by atoms with Crippen molar-refractivity contribution in [2.24, 2.45) is 7.05 Å². The Balaban J connectivity index is 1.87. The lowest BCUT2D eigenvalue weighted by Crippen LogP contribution is -2.28. The predicted octanol–water partition coefficient (Wildman–Crippen LogP) is 8.29. The van der Waals surface area contributed by atoms with Gasteiger partial charge in [-0.15, -0.1) is 5.10 Å². The molecule has 0 aliphatic carbocycles. The Hall–Kier alpha value is -4.54. The molecule has 252 valence electrons. The Morgan fingerprint density at radius 3 is 1.91 bits per heavy atom. The van der Waals surface area contributed by atoms with E-state index >= 15 is 0 Å². The zero-order chi connectivity index (χ0) is 34.9. The van der Waals surface area contributed by atoms with E-state index in [-0.39, 0.29) is 46.8 Å². The quantitative estimate of drug-likeness (QED) is 0.178. The first-order chi connectivity index (χ1) is 21.8. The molecule has 0 saturated carbocycles. The molecule has 3 aromatic carbocycles. The number of rotatable bonds is 9. The SMILES string of the molecule is CCN(Cc1ccc(Cl)c(-c2ccc(C(F)(F)F)cc2CN(Cc2cc(C(F)(F)F)cc(C(F)(F)F)c2)c2nnn(C)n2)c1)C(=O)O. The highest BCUT2D eigenvalue weighted by Gasteiger charge is 2.37. The second kappa shape index (κ2) is 13.3. The normalized spacial score (nSPS) is 12.3. The Labute approximate surface area is 266 Å². The summed E-state index contributed by atoms with van der Waals surface area (Å²) < 4.78 is 123. The van der Waals surface area contributed by atoms with Crippen LogP contribution in [0, 0.1) is 0 Å². The molecule has 4 aromatic rings. The number of hydrogen-bond donors (Lipinski definition) is 1. The number of alkyl halides is 9. The van der Waals surface area contributed by atoms with E-state index in [2.05, 4.69) is 15.4 Å². The minimum absolute atomic E-state index is 0.0433. The van der Waals surface area contributed by atoms with E-state index in [4.69, 9.17) is 11.6 Å². The Bertz CT molecular complexity index is 1720. The summed E-state index contributed by atoms with van der Waals surface area (Å²) in [5.41, 5.74) is -4.09. The van der Waals surface area contributed by atoms with E-state index in [9.17, 15) is 49.4 Å². The number of aromatic nitrogens is 4. The van der Waals surface area contributed by atoms with Crippen LogP contribution in [0.4, 0.5) is 50.3 Å². The van der Waals surface area contributed by atoms with Gasteiger partial charge >= 0.3 is 24.6 Å². The van der Waals surface area contributed by atoms with Crippen molar-refractivity contribution in [2.45, 2.75) is 45.1 Å². The van der Waals surface area contributed by atoms with Crippen LogP contribution in [0.1, 0.15) is 40.3 Å². The van der Waals surface area contributed by atoms with Crippen molar-refractivity contribution >= 4 is 23.6 Å². The highest BCUT2D eigenvalue weighted by molar-refractivity contribution is 6.33. The summed E-state index contributed by atoms with van der Waals surface area (Å²) in [6.07, 6.45) is -16.3. The van der Waals surface area contributed by atoms with Crippen molar-refractivity contribution < 1.29 is 49.4 Å². The third-order valence-electron chi connectivity index (χ3n) is 6.94. The largest absolute Gasteiger partial charge is 0.465 e. The number of anilines is 1. The summed E-state index contributed by atoms with van der Waals surface area (Å²) in [6, 6.07) is 8.05. The molecule has 1 amide bonds. The standard InChI is InChI=1S/C29H24ClF9N6O2/c1-3-44(26(46)47)13-16-4-7-24(30)23(10-16)22-6-5-19(27(31,32)33)11-18(22)15-45(25-40-42-43(2)41-25)14-17-8-20(28(34,35)36)12-21(9-17)29(37,38)39/h4-12H,3,13-15H2,1-2H3,(H,46,47). The van der Waals surface area contributed by atoms with Gasteiger partial charge in [-0.3, -0.25) is 0 Å². The van der Waals surface area contributed by atoms with Gasteiger partial charge in [0.1, 0.15) is 0 Å². The number of hydrogen-bond acceptors (Lipinski definition) is 5. The molecule has 1 heterocycles. The minimum Gasteiger partial charge on any atom is -0.465 e. The number of amides is 1. The van der Waals surface area contributed by atoms with Crippen molar-refractivity contribution in [1.29, 1.82) is 0 Å². The maximum Gasteiger partial charge on any atom is 0.416 e. The Morgan fingerprint density at radius 1 is 0.787 bits per heavy atom. The molecule has 0 aliphatic rings. The monoisotopic (exact) mass is 694 g/mol. The van der Waals surface area contributed by atoms with E-state index in [0.717, 1.165) is 32.8 Å². The zero-order valence-electron chi connectivity index (χ0n) is 24.3. The van der Waals surface area contributed by atoms with Gasteiger partial charge in [0.15, 0.2) is 0 Å². The molecule has 0 atom stereocenters. The number of nitrogens with zero attached hydrogens (tertiary/aromatic N) is 6. The lowest BCUT2D eigenvalue weighted by Gasteiger charge is -2.25. The first kappa shape index (κ1) is 35.3. The molecule has 0 aliphatic heterocycles. The molecule has 1 N–H and O–H groups in total. The molecular formula is C29H24ClF9N6O2. The van der Waals surface area contributed by atoms with Crippen LogP contribution in [0.25, 0.3) is 11.1 Å². The van der Waals surface area contributed by atoms with E-state index < -0.39 is 60.0 Å². The van der Waals surface area contributed by atoms with Gasteiger partial charge in [-0.1, -0.05) is 28.8 Å². The molecular weight excluding hydrogens is 671 g/mol. The zero-order valence-corrected chi connectivity index (χ0v) is 25.1. The summed E-state index contributed by atoms with van der Waals surface area (Å²) in [7, 11) is 1.33. The fourth-order valence-corrected chi connectivity index (χ4v) is 4.93. The van der Waals surface area contributed by atoms with Gasteiger partial charge in [0, 0.05) is 36.8 Å². The van der Waals surface area contributed by atoms with Gasteiger partial charge in [-0.25, -0.2) is 4.79 Å². The molecule has 0 spiro atoms. The van der Waals surface area contributed by atoms with E-state index in [1.54, 1.807) is 6.92 Å². The fraction of sp³-hybridized carbons (Fsp3) is 0.310. The Morgan fingerprint density at radius 2 is 1.40 bits per heavy atom. The van der Waals surface area contributed by atoms with Crippen LogP contribution >= 0.6 is 11.6 Å². The third kappa shape index (κ3) is 8.64. The number of carboxylic acid groups (broad SMARTS) is 1. The number of carbonyl (C=O) groups is 1. The minimum atomic E-state index is -5.14. The van der Waals surface area contributed by atoms with E-state index in [1.165, 1.54) is 25.2 Å². The molecule has 8 nitrogen and oxygen atoms in total. The van der Waals surface area contributed by atoms with E-state index in [0.29, 0.717) is 17.7 Å². The number of halogens is 10. The molecule has 47 heavy (non-hydrogen) atoms. The van der Waals surface area contributed by atoms with Gasteiger partial charge in [-0.2, -0.15) is 44.3 Å². The third-order valence-corrected chi connectivity index (χ3v) is 7.27. The molecule has 0 fully saturated rings. The van der Waals surface area contributed by atoms with Crippen molar-refractivity contribution in [3.05, 3.63) is 93.0 Å². The maximum atomic E-state index is 13.9. The molecule has 1 aromatic heterocycles. The van der Waals surface area contributed by atoms with Crippen molar-refractivity contribution in [1.82, 2.24) is 25.1 Å². The lowest BCUT2D eigenvalue weighted by atomic mass is 9.95. The fourth-order valence-electron chi connectivity index (χ4n) is 4.71. The first-order valence-corrected chi connectivity index (χ1v) is 13.9. The molecule has 4 rings (SSSR count). The van der Waals surface area contributed by atoms with Gasteiger partial charge in [0.2, 0.25) is 0 Å². The number of benzene rings is 3. The van der Waals surface area contributed by atoms with Gasteiger partial charge in [0.05, 0.1) is 23.7 Å². The van der Waals surface area contributed by atoms with Gasteiger partial charge in [0.25, 0.3) is 5.95 Å². The molecule has 0 saturated heterocycles. The highest BCUT2D eigenvalue weighted by atomic mass is 35.5. The average Bonchev–Trinajstić information content (AvgIpc) is 3.41. The smallest absolute Gasteiger partial charge is 0.416 e. The summed E-state index contributed by atoms with van der Waals surface area (Å²) >= 11 is 6.46. The molecule has 0 radical (unpaired) electrons. The van der Waals surface area contributed by atoms with Crippen LogP contribution in [0.2, 0.25) is 5.02 Å². The van der Waals surface area contributed by atoms with Gasteiger partial charge < -0.3 is 14.9 Å². The Kier molecular flexibility index (Phi) is 9.99. The second-order valence-corrected chi connectivity index (χ2v) is 10.7. The van der Waals surface area contributed by atoms with Crippen LogP contribution < -0.4 is 4.90 Å². The highest BCUT2D eigenvalue weighted by Crippen LogP contribution is 2.39.